The number of carbonyl (C=O) groups excluding carboxylic acids is 2. The van der Waals surface area contributed by atoms with E-state index in [-0.39, 0.29) is 39.6 Å². The molecule has 3 rings (SSSR count). The van der Waals surface area contributed by atoms with Gasteiger partial charge in [-0.25, -0.2) is 8.42 Å². The number of carbonyl (C=O) groups is 2. The monoisotopic (exact) mass is 657 g/mol. The Morgan fingerprint density at radius 1 is 0.854 bits per heavy atom. The van der Waals surface area contributed by atoms with Gasteiger partial charge in [0.2, 0.25) is 21.8 Å². The summed E-state index contributed by atoms with van der Waals surface area (Å²) in [7, 11) is -3.94. The number of anilines is 1. The highest BCUT2D eigenvalue weighted by atomic mass is 35.5. The van der Waals surface area contributed by atoms with Crippen LogP contribution in [0, 0.1) is 0 Å². The Morgan fingerprint density at radius 3 is 2.07 bits per heavy atom. The highest BCUT2D eigenvalue weighted by molar-refractivity contribution is 7.92. The average molecular weight is 659 g/mol. The third-order valence-corrected chi connectivity index (χ3v) is 8.93. The normalized spacial score (nSPS) is 12.0. The summed E-state index contributed by atoms with van der Waals surface area (Å²) in [6.07, 6.45) is 2.84. The van der Waals surface area contributed by atoms with E-state index in [4.69, 9.17) is 46.4 Å². The van der Waals surface area contributed by atoms with Crippen molar-refractivity contribution < 1.29 is 18.0 Å². The molecule has 0 saturated carbocycles. The van der Waals surface area contributed by atoms with Gasteiger partial charge < -0.3 is 10.2 Å². The van der Waals surface area contributed by atoms with Gasteiger partial charge >= 0.3 is 0 Å². The maximum absolute atomic E-state index is 14.1. The topological polar surface area (TPSA) is 86.8 Å². The summed E-state index contributed by atoms with van der Waals surface area (Å²) < 4.78 is 26.7. The number of nitrogens with one attached hydrogen (secondary N) is 1. The van der Waals surface area contributed by atoms with Crippen LogP contribution in [-0.2, 0) is 32.6 Å². The lowest BCUT2D eigenvalue weighted by molar-refractivity contribution is -0.140. The zero-order chi connectivity index (χ0) is 30.2. The van der Waals surface area contributed by atoms with Crippen molar-refractivity contribution in [3.63, 3.8) is 0 Å². The fourth-order valence-electron chi connectivity index (χ4n) is 4.15. The molecule has 0 aliphatic rings. The van der Waals surface area contributed by atoms with Gasteiger partial charge in [0.15, 0.2) is 0 Å². The summed E-state index contributed by atoms with van der Waals surface area (Å²) in [5, 5.41) is 3.93. The van der Waals surface area contributed by atoms with Crippen molar-refractivity contribution in [3.05, 3.63) is 97.9 Å². The Morgan fingerprint density at radius 2 is 1.49 bits per heavy atom. The lowest BCUT2D eigenvalue weighted by Gasteiger charge is -2.33. The molecule has 0 saturated heterocycles. The van der Waals surface area contributed by atoms with Crippen LogP contribution in [0.15, 0.2) is 66.7 Å². The van der Waals surface area contributed by atoms with Gasteiger partial charge in [-0.3, -0.25) is 13.9 Å². The molecule has 0 aromatic heterocycles. The minimum absolute atomic E-state index is 0.0204. The number of amides is 2. The van der Waals surface area contributed by atoms with Crippen molar-refractivity contribution in [2.75, 3.05) is 23.7 Å². The summed E-state index contributed by atoms with van der Waals surface area (Å²) in [5.41, 5.74) is 1.61. The second-order valence-electron chi connectivity index (χ2n) is 9.49. The van der Waals surface area contributed by atoms with Gasteiger partial charge in [-0.1, -0.05) is 96.1 Å². The van der Waals surface area contributed by atoms with Gasteiger partial charge in [0, 0.05) is 19.5 Å². The van der Waals surface area contributed by atoms with E-state index < -0.39 is 28.5 Å². The number of rotatable bonds is 13. The van der Waals surface area contributed by atoms with Crippen molar-refractivity contribution >= 4 is 73.9 Å². The van der Waals surface area contributed by atoms with Crippen molar-refractivity contribution in [2.45, 2.75) is 38.8 Å². The van der Waals surface area contributed by atoms with E-state index >= 15 is 0 Å². The first-order valence-corrected chi connectivity index (χ1v) is 16.2. The van der Waals surface area contributed by atoms with Crippen LogP contribution in [0.4, 0.5) is 5.69 Å². The van der Waals surface area contributed by atoms with Crippen molar-refractivity contribution in [1.29, 1.82) is 0 Å². The highest BCUT2D eigenvalue weighted by Crippen LogP contribution is 2.29. The Hall–Kier alpha value is -2.49. The summed E-state index contributed by atoms with van der Waals surface area (Å²) in [5.74, 6) is -0.949. The number of sulfonamides is 1. The summed E-state index contributed by atoms with van der Waals surface area (Å²) >= 11 is 24.6. The first kappa shape index (κ1) is 33.0. The van der Waals surface area contributed by atoms with E-state index in [0.29, 0.717) is 17.1 Å². The van der Waals surface area contributed by atoms with Gasteiger partial charge in [-0.05, 0) is 47.9 Å². The lowest BCUT2D eigenvalue weighted by atomic mass is 10.0. The summed E-state index contributed by atoms with van der Waals surface area (Å²) in [6.45, 7) is 1.85. The lowest BCUT2D eigenvalue weighted by Crippen LogP contribution is -2.53. The van der Waals surface area contributed by atoms with Crippen LogP contribution in [0.1, 0.15) is 30.9 Å². The average Bonchev–Trinajstić information content (AvgIpc) is 2.92. The van der Waals surface area contributed by atoms with Gasteiger partial charge in [0.05, 0.1) is 32.0 Å². The Labute approximate surface area is 261 Å². The van der Waals surface area contributed by atoms with Crippen molar-refractivity contribution in [2.24, 2.45) is 0 Å². The second-order valence-corrected chi connectivity index (χ2v) is 13.0. The van der Waals surface area contributed by atoms with Crippen LogP contribution < -0.4 is 9.62 Å². The zero-order valence-electron chi connectivity index (χ0n) is 22.6. The first-order chi connectivity index (χ1) is 19.4. The molecule has 0 spiro atoms. The molecule has 0 radical (unpaired) electrons. The molecular formula is C29H31Cl4N3O4S. The van der Waals surface area contributed by atoms with Crippen molar-refractivity contribution in [1.82, 2.24) is 10.2 Å². The fraction of sp³-hybridized carbons (Fsp3) is 0.310. The number of hydrogen-bond donors (Lipinski definition) is 1. The zero-order valence-corrected chi connectivity index (χ0v) is 26.5. The highest BCUT2D eigenvalue weighted by Gasteiger charge is 2.33. The number of halogens is 4. The van der Waals surface area contributed by atoms with Crippen LogP contribution in [0.3, 0.4) is 0 Å². The van der Waals surface area contributed by atoms with E-state index in [1.807, 2.05) is 37.3 Å². The molecule has 0 heterocycles. The standard InChI is InChI=1S/C29H31Cl4N3O4S/c1-3-4-14-34-29(38)27(16-20-8-6-5-7-9-20)35(18-21-10-12-23(30)25(32)15-21)28(37)19-36(41(2,39)40)22-11-13-24(31)26(33)17-22/h5-13,15,17,27H,3-4,14,16,18-19H2,1-2H3,(H,34,38)/t27-/m0/s1. The minimum Gasteiger partial charge on any atom is -0.354 e. The van der Waals surface area contributed by atoms with Crippen LogP contribution in [0.25, 0.3) is 0 Å². The summed E-state index contributed by atoms with van der Waals surface area (Å²) in [4.78, 5) is 29.0. The van der Waals surface area contributed by atoms with Crippen LogP contribution in [0.5, 0.6) is 0 Å². The molecule has 7 nitrogen and oxygen atoms in total. The number of hydrogen-bond acceptors (Lipinski definition) is 4. The van der Waals surface area contributed by atoms with Gasteiger partial charge in [0.1, 0.15) is 12.6 Å². The number of benzene rings is 3. The van der Waals surface area contributed by atoms with Crippen LogP contribution in [0.2, 0.25) is 20.1 Å². The minimum atomic E-state index is -3.94. The molecule has 1 N–H and O–H groups in total. The molecule has 2 amide bonds. The van der Waals surface area contributed by atoms with E-state index in [1.165, 1.54) is 23.1 Å². The molecule has 0 aliphatic carbocycles. The predicted molar refractivity (Wildman–Crippen MR) is 168 cm³/mol. The molecule has 41 heavy (non-hydrogen) atoms. The maximum atomic E-state index is 14.1. The Balaban J connectivity index is 2.06. The smallest absolute Gasteiger partial charge is 0.244 e. The van der Waals surface area contributed by atoms with E-state index in [9.17, 15) is 18.0 Å². The van der Waals surface area contributed by atoms with Gasteiger partial charge in [-0.15, -0.1) is 0 Å². The third kappa shape index (κ3) is 9.51. The van der Waals surface area contributed by atoms with E-state index in [0.717, 1.165) is 29.0 Å². The Bertz CT molecular complexity index is 1470. The molecule has 12 heteroatoms. The quantitative estimate of drug-likeness (QED) is 0.209. The van der Waals surface area contributed by atoms with Crippen LogP contribution >= 0.6 is 46.4 Å². The fourth-order valence-corrected chi connectivity index (χ4v) is 5.60. The predicted octanol–water partition coefficient (Wildman–Crippen LogP) is 6.62. The molecule has 220 valence electrons. The molecule has 0 fully saturated rings. The second kappa shape index (κ2) is 15.1. The molecule has 0 aliphatic heterocycles. The van der Waals surface area contributed by atoms with Gasteiger partial charge in [-0.2, -0.15) is 0 Å². The molecular weight excluding hydrogens is 628 g/mol. The third-order valence-electron chi connectivity index (χ3n) is 6.31. The molecule has 1 atom stereocenters. The number of unbranched alkanes of at least 4 members (excludes halogenated alkanes) is 1. The SMILES string of the molecule is CCCCNC(=O)[C@H](Cc1ccccc1)N(Cc1ccc(Cl)c(Cl)c1)C(=O)CN(c1ccc(Cl)c(Cl)c1)S(C)(=O)=O. The molecule has 3 aromatic carbocycles. The molecule has 3 aromatic rings. The largest absolute Gasteiger partial charge is 0.354 e. The maximum Gasteiger partial charge on any atom is 0.244 e. The van der Waals surface area contributed by atoms with E-state index in [2.05, 4.69) is 5.32 Å². The Kier molecular flexibility index (Phi) is 12.2. The number of nitrogens with zero attached hydrogens (tertiary/aromatic N) is 2. The molecule has 0 unspecified atom stereocenters. The molecule has 0 bridgehead atoms. The summed E-state index contributed by atoms with van der Waals surface area (Å²) in [6, 6.07) is 17.6. The first-order valence-electron chi connectivity index (χ1n) is 12.9. The van der Waals surface area contributed by atoms with Crippen molar-refractivity contribution in [3.8, 4) is 0 Å². The van der Waals surface area contributed by atoms with E-state index in [1.54, 1.807) is 18.2 Å². The van der Waals surface area contributed by atoms with Gasteiger partial charge in [0.25, 0.3) is 0 Å². The van der Waals surface area contributed by atoms with Crippen LogP contribution in [-0.4, -0.2) is 50.5 Å².